The molecule has 1 aromatic carbocycles. The van der Waals surface area contributed by atoms with Gasteiger partial charge in [-0.25, -0.2) is 4.79 Å². The summed E-state index contributed by atoms with van der Waals surface area (Å²) in [6.07, 6.45) is 2.29. The molecule has 2 rings (SSSR count). The number of rotatable bonds is 5. The van der Waals surface area contributed by atoms with Crippen LogP contribution in [0.4, 0.5) is 0 Å². The van der Waals surface area contributed by atoms with E-state index in [1.165, 1.54) is 0 Å². The minimum atomic E-state index is -1.02. The zero-order chi connectivity index (χ0) is 15.4. The molecule has 110 valence electrons. The smallest absolute Gasteiger partial charge is 0.326 e. The molecule has 1 aromatic heterocycles. The Labute approximate surface area is 123 Å². The molecule has 5 heteroatoms. The average molecular weight is 286 g/mol. The van der Waals surface area contributed by atoms with Crippen LogP contribution in [0.1, 0.15) is 30.6 Å². The van der Waals surface area contributed by atoms with Gasteiger partial charge in [0.15, 0.2) is 0 Å². The van der Waals surface area contributed by atoms with Gasteiger partial charge in [0.1, 0.15) is 6.04 Å². The third-order valence-corrected chi connectivity index (χ3v) is 3.64. The Morgan fingerprint density at radius 2 is 2.00 bits per heavy atom. The van der Waals surface area contributed by atoms with E-state index in [1.54, 1.807) is 31.3 Å². The normalized spacial score (nSPS) is 13.6. The Balaban J connectivity index is 2.32. The Morgan fingerprint density at radius 3 is 2.67 bits per heavy atom. The van der Waals surface area contributed by atoms with Crippen LogP contribution in [-0.2, 0) is 4.79 Å². The summed E-state index contributed by atoms with van der Waals surface area (Å²) in [5, 5.41) is 12.7. The van der Waals surface area contributed by atoms with Crippen LogP contribution < -0.4 is 5.32 Å². The topological polar surface area (TPSA) is 79.3 Å². The summed E-state index contributed by atoms with van der Waals surface area (Å²) in [5.74, 6) is -1.58. The molecule has 1 heterocycles. The van der Waals surface area contributed by atoms with Crippen LogP contribution in [0, 0.1) is 5.92 Å². The molecule has 0 fully saturated rings. The minimum absolute atomic E-state index is 0.144. The highest BCUT2D eigenvalue weighted by atomic mass is 16.4. The van der Waals surface area contributed by atoms with Crippen LogP contribution in [0.2, 0.25) is 0 Å². The lowest BCUT2D eigenvalue weighted by Gasteiger charge is -2.20. The number of carbonyl (C=O) groups is 2. The number of fused-ring (bicyclic) bond motifs is 1. The van der Waals surface area contributed by atoms with Gasteiger partial charge >= 0.3 is 5.97 Å². The summed E-state index contributed by atoms with van der Waals surface area (Å²) in [6, 6.07) is 8.04. The molecule has 0 saturated heterocycles. The van der Waals surface area contributed by atoms with Crippen molar-refractivity contribution in [3.8, 4) is 0 Å². The molecule has 0 bridgehead atoms. The SMILES string of the molecule is CC[C@@H](C)[C@H](NC(=O)c1cccc2cccnc12)C(=O)O. The van der Waals surface area contributed by atoms with E-state index in [9.17, 15) is 14.7 Å². The van der Waals surface area contributed by atoms with Crippen LogP contribution in [-0.4, -0.2) is 28.0 Å². The lowest BCUT2D eigenvalue weighted by Crippen LogP contribution is -2.45. The van der Waals surface area contributed by atoms with E-state index < -0.39 is 17.9 Å². The number of aromatic nitrogens is 1. The van der Waals surface area contributed by atoms with Crippen molar-refractivity contribution in [2.75, 3.05) is 0 Å². The van der Waals surface area contributed by atoms with Gasteiger partial charge in [0.2, 0.25) is 0 Å². The first-order valence-corrected chi connectivity index (χ1v) is 6.92. The van der Waals surface area contributed by atoms with E-state index in [0.29, 0.717) is 17.5 Å². The summed E-state index contributed by atoms with van der Waals surface area (Å²) >= 11 is 0. The van der Waals surface area contributed by atoms with Crippen molar-refractivity contribution >= 4 is 22.8 Å². The molecular formula is C16H18N2O3. The molecule has 0 radical (unpaired) electrons. The lowest BCUT2D eigenvalue weighted by molar-refractivity contribution is -0.140. The number of aliphatic carboxylic acids is 1. The molecule has 0 aliphatic heterocycles. The fraction of sp³-hybridized carbons (Fsp3) is 0.312. The van der Waals surface area contributed by atoms with Gasteiger partial charge in [-0.3, -0.25) is 9.78 Å². The van der Waals surface area contributed by atoms with E-state index >= 15 is 0 Å². The second kappa shape index (κ2) is 6.35. The number of benzene rings is 1. The van der Waals surface area contributed by atoms with Crippen molar-refractivity contribution < 1.29 is 14.7 Å². The highest BCUT2D eigenvalue weighted by Crippen LogP contribution is 2.17. The maximum Gasteiger partial charge on any atom is 0.326 e. The monoisotopic (exact) mass is 286 g/mol. The number of hydrogen-bond donors (Lipinski definition) is 2. The van der Waals surface area contributed by atoms with Gasteiger partial charge in [0.25, 0.3) is 5.91 Å². The molecule has 2 atom stereocenters. The number of nitrogens with zero attached hydrogens (tertiary/aromatic N) is 1. The largest absolute Gasteiger partial charge is 0.480 e. The Bertz CT molecular complexity index is 664. The number of pyridine rings is 1. The van der Waals surface area contributed by atoms with Crippen LogP contribution in [0.5, 0.6) is 0 Å². The van der Waals surface area contributed by atoms with Gasteiger partial charge in [-0.2, -0.15) is 0 Å². The molecule has 0 unspecified atom stereocenters. The van der Waals surface area contributed by atoms with E-state index in [-0.39, 0.29) is 5.92 Å². The van der Waals surface area contributed by atoms with Gasteiger partial charge < -0.3 is 10.4 Å². The first-order valence-electron chi connectivity index (χ1n) is 6.92. The van der Waals surface area contributed by atoms with E-state index in [0.717, 1.165) is 5.39 Å². The van der Waals surface area contributed by atoms with Gasteiger partial charge in [-0.05, 0) is 18.1 Å². The van der Waals surface area contributed by atoms with E-state index in [2.05, 4.69) is 10.3 Å². The first-order chi connectivity index (χ1) is 10.0. The zero-order valence-corrected chi connectivity index (χ0v) is 12.0. The highest BCUT2D eigenvalue weighted by Gasteiger charge is 2.26. The molecular weight excluding hydrogens is 268 g/mol. The second-order valence-corrected chi connectivity index (χ2v) is 5.06. The molecule has 0 spiro atoms. The van der Waals surface area contributed by atoms with Crippen LogP contribution >= 0.6 is 0 Å². The van der Waals surface area contributed by atoms with E-state index in [1.807, 2.05) is 19.1 Å². The molecule has 0 aliphatic rings. The summed E-state index contributed by atoms with van der Waals surface area (Å²) in [6.45, 7) is 3.70. The number of para-hydroxylation sites is 1. The summed E-state index contributed by atoms with van der Waals surface area (Å²) in [5.41, 5.74) is 0.966. The van der Waals surface area contributed by atoms with Gasteiger partial charge in [0.05, 0.1) is 11.1 Å². The van der Waals surface area contributed by atoms with Gasteiger partial charge in [0, 0.05) is 11.6 Å². The van der Waals surface area contributed by atoms with Crippen molar-refractivity contribution in [2.45, 2.75) is 26.3 Å². The Morgan fingerprint density at radius 1 is 1.29 bits per heavy atom. The number of carbonyl (C=O) groups excluding carboxylic acids is 1. The number of amides is 1. The predicted octanol–water partition coefficient (Wildman–Crippen LogP) is 2.46. The fourth-order valence-corrected chi connectivity index (χ4v) is 2.19. The fourth-order valence-electron chi connectivity index (χ4n) is 2.19. The summed E-state index contributed by atoms with van der Waals surface area (Å²) in [7, 11) is 0. The first kappa shape index (κ1) is 15.0. The molecule has 5 nitrogen and oxygen atoms in total. The van der Waals surface area contributed by atoms with Crippen LogP contribution in [0.25, 0.3) is 10.9 Å². The lowest BCUT2D eigenvalue weighted by atomic mass is 9.98. The molecule has 1 amide bonds. The summed E-state index contributed by atoms with van der Waals surface area (Å²) < 4.78 is 0. The Kier molecular flexibility index (Phi) is 4.52. The number of carboxylic acids is 1. The molecule has 0 aliphatic carbocycles. The third kappa shape index (κ3) is 3.18. The maximum absolute atomic E-state index is 12.4. The number of carboxylic acid groups (broad SMARTS) is 1. The predicted molar refractivity (Wildman–Crippen MR) is 80.1 cm³/mol. The number of hydrogen-bond acceptors (Lipinski definition) is 3. The molecule has 21 heavy (non-hydrogen) atoms. The van der Waals surface area contributed by atoms with Crippen molar-refractivity contribution in [3.05, 3.63) is 42.1 Å². The van der Waals surface area contributed by atoms with Crippen molar-refractivity contribution in [1.82, 2.24) is 10.3 Å². The number of nitrogens with one attached hydrogen (secondary N) is 1. The second-order valence-electron chi connectivity index (χ2n) is 5.06. The van der Waals surface area contributed by atoms with E-state index in [4.69, 9.17) is 0 Å². The van der Waals surface area contributed by atoms with Crippen molar-refractivity contribution in [2.24, 2.45) is 5.92 Å². The molecule has 0 saturated carbocycles. The average Bonchev–Trinajstić information content (AvgIpc) is 2.50. The zero-order valence-electron chi connectivity index (χ0n) is 12.0. The quantitative estimate of drug-likeness (QED) is 0.885. The summed E-state index contributed by atoms with van der Waals surface area (Å²) in [4.78, 5) is 27.9. The van der Waals surface area contributed by atoms with Crippen LogP contribution in [0.3, 0.4) is 0 Å². The van der Waals surface area contributed by atoms with Crippen molar-refractivity contribution in [3.63, 3.8) is 0 Å². The third-order valence-electron chi connectivity index (χ3n) is 3.64. The van der Waals surface area contributed by atoms with Gasteiger partial charge in [-0.1, -0.05) is 38.5 Å². The Hall–Kier alpha value is -2.43. The maximum atomic E-state index is 12.4. The van der Waals surface area contributed by atoms with Gasteiger partial charge in [-0.15, -0.1) is 0 Å². The highest BCUT2D eigenvalue weighted by molar-refractivity contribution is 6.06. The van der Waals surface area contributed by atoms with Crippen molar-refractivity contribution in [1.29, 1.82) is 0 Å². The molecule has 2 aromatic rings. The standard InChI is InChI=1S/C16H18N2O3/c1-3-10(2)13(16(20)21)18-15(19)12-8-4-6-11-7-5-9-17-14(11)12/h4-10,13H,3H2,1-2H3,(H,18,19)(H,20,21)/t10-,13+/m1/s1. The molecule has 2 N–H and O–H groups in total. The van der Waals surface area contributed by atoms with Crippen LogP contribution in [0.15, 0.2) is 36.5 Å². The minimum Gasteiger partial charge on any atom is -0.480 e.